The van der Waals surface area contributed by atoms with Gasteiger partial charge in [0.25, 0.3) is 15.7 Å². The summed E-state index contributed by atoms with van der Waals surface area (Å²) in [5, 5.41) is 19.5. The zero-order valence-electron chi connectivity index (χ0n) is 15.8. The van der Waals surface area contributed by atoms with Crippen LogP contribution >= 0.6 is 11.6 Å². The molecule has 3 aromatic rings. The molecule has 156 valence electrons. The zero-order chi connectivity index (χ0) is 21.3. The molecular weight excluding hydrogens is 430 g/mol. The van der Waals surface area contributed by atoms with Crippen molar-refractivity contribution < 1.29 is 13.3 Å². The summed E-state index contributed by atoms with van der Waals surface area (Å²) in [6.45, 7) is 0.821. The molecule has 0 saturated heterocycles. The van der Waals surface area contributed by atoms with Gasteiger partial charge in [0.05, 0.1) is 9.82 Å². The molecule has 2 aromatic carbocycles. The molecule has 1 N–H and O–H groups in total. The minimum Gasteiger partial charge on any atom is -0.311 e. The van der Waals surface area contributed by atoms with Gasteiger partial charge >= 0.3 is 0 Å². The highest BCUT2D eigenvalue weighted by Gasteiger charge is 2.22. The number of fused-ring (bicyclic) bond motifs is 1. The van der Waals surface area contributed by atoms with Crippen LogP contribution in [0.15, 0.2) is 47.4 Å². The molecule has 2 heterocycles. The Morgan fingerprint density at radius 3 is 2.73 bits per heavy atom. The average molecular weight is 448 g/mol. The van der Waals surface area contributed by atoms with Crippen LogP contribution in [-0.2, 0) is 23.0 Å². The van der Waals surface area contributed by atoms with Gasteiger partial charge in [0.2, 0.25) is 0 Å². The number of rotatable bonds is 5. The fourth-order valence-electron chi connectivity index (χ4n) is 3.43. The molecule has 4 rings (SSSR count). The van der Waals surface area contributed by atoms with Crippen molar-refractivity contribution in [1.82, 2.24) is 14.8 Å². The van der Waals surface area contributed by atoms with Crippen LogP contribution < -0.4 is 4.72 Å². The molecule has 0 radical (unpaired) electrons. The summed E-state index contributed by atoms with van der Waals surface area (Å²) in [6, 6.07) is 10.2. The molecule has 30 heavy (non-hydrogen) atoms. The van der Waals surface area contributed by atoms with Crippen LogP contribution in [0.1, 0.15) is 25.1 Å². The van der Waals surface area contributed by atoms with E-state index in [1.165, 1.54) is 12.1 Å². The number of nitro benzene ring substituents is 1. The molecule has 0 aliphatic carbocycles. The summed E-state index contributed by atoms with van der Waals surface area (Å²) < 4.78 is 30.0. The second kappa shape index (κ2) is 8.04. The van der Waals surface area contributed by atoms with Crippen LogP contribution in [0.25, 0.3) is 11.4 Å². The fraction of sp³-hybridized carbons (Fsp3) is 0.263. The molecule has 11 heteroatoms. The number of sulfonamides is 1. The number of benzene rings is 2. The van der Waals surface area contributed by atoms with Crippen molar-refractivity contribution in [2.75, 3.05) is 4.72 Å². The number of hydrogen-bond acceptors (Lipinski definition) is 6. The van der Waals surface area contributed by atoms with Crippen molar-refractivity contribution >= 4 is 33.0 Å². The van der Waals surface area contributed by atoms with Crippen molar-refractivity contribution in [3.63, 3.8) is 0 Å². The van der Waals surface area contributed by atoms with Gasteiger partial charge in [0.15, 0.2) is 5.82 Å². The molecule has 0 amide bonds. The second-order valence-corrected chi connectivity index (χ2v) is 9.05. The third kappa shape index (κ3) is 4.01. The highest BCUT2D eigenvalue weighted by molar-refractivity contribution is 7.92. The molecule has 1 aliphatic heterocycles. The Balaban J connectivity index is 1.65. The predicted octanol–water partition coefficient (Wildman–Crippen LogP) is 4.03. The van der Waals surface area contributed by atoms with E-state index >= 15 is 0 Å². The van der Waals surface area contributed by atoms with Crippen LogP contribution in [0, 0.1) is 10.1 Å². The summed E-state index contributed by atoms with van der Waals surface area (Å²) in [5.74, 6) is 1.62. The summed E-state index contributed by atoms with van der Waals surface area (Å²) in [5.41, 5.74) is 0.577. The predicted molar refractivity (Wildman–Crippen MR) is 112 cm³/mol. The van der Waals surface area contributed by atoms with Crippen LogP contribution in [0.4, 0.5) is 11.4 Å². The van der Waals surface area contributed by atoms with Crippen LogP contribution in [-0.4, -0.2) is 28.1 Å². The van der Waals surface area contributed by atoms with Crippen molar-refractivity contribution in [3.05, 3.63) is 63.4 Å². The van der Waals surface area contributed by atoms with Gasteiger partial charge < -0.3 is 4.57 Å². The molecular formula is C19H18ClN5O4S. The zero-order valence-corrected chi connectivity index (χ0v) is 17.4. The highest BCUT2D eigenvalue weighted by Crippen LogP contribution is 2.29. The van der Waals surface area contributed by atoms with E-state index in [-0.39, 0.29) is 9.92 Å². The lowest BCUT2D eigenvalue weighted by molar-refractivity contribution is -0.384. The Morgan fingerprint density at radius 1 is 1.10 bits per heavy atom. The van der Waals surface area contributed by atoms with Gasteiger partial charge in [0, 0.05) is 30.3 Å². The normalized spacial score (nSPS) is 14.0. The van der Waals surface area contributed by atoms with Gasteiger partial charge in [-0.2, -0.15) is 0 Å². The molecule has 1 aliphatic rings. The molecule has 0 bridgehead atoms. The van der Waals surface area contributed by atoms with E-state index in [1.807, 2.05) is 6.07 Å². The number of nitro groups is 1. The average Bonchev–Trinajstić information content (AvgIpc) is 2.96. The first-order chi connectivity index (χ1) is 14.3. The van der Waals surface area contributed by atoms with E-state index in [0.29, 0.717) is 11.5 Å². The third-order valence-corrected chi connectivity index (χ3v) is 6.61. The Kier molecular flexibility index (Phi) is 5.44. The third-order valence-electron chi connectivity index (χ3n) is 4.91. The fourth-order valence-corrected chi connectivity index (χ4v) is 4.69. The number of nitrogens with zero attached hydrogens (tertiary/aromatic N) is 4. The van der Waals surface area contributed by atoms with Gasteiger partial charge in [-0.3, -0.25) is 14.8 Å². The van der Waals surface area contributed by atoms with Gasteiger partial charge in [-0.05, 0) is 37.1 Å². The quantitative estimate of drug-likeness (QED) is 0.465. The van der Waals surface area contributed by atoms with E-state index in [9.17, 15) is 18.5 Å². The lowest BCUT2D eigenvalue weighted by Gasteiger charge is -2.11. The molecule has 0 spiro atoms. The Morgan fingerprint density at radius 2 is 1.93 bits per heavy atom. The maximum Gasteiger partial charge on any atom is 0.289 e. The first-order valence-corrected chi connectivity index (χ1v) is 11.2. The van der Waals surface area contributed by atoms with Crippen molar-refractivity contribution in [2.24, 2.45) is 0 Å². The highest BCUT2D eigenvalue weighted by atomic mass is 35.5. The molecule has 0 saturated carbocycles. The Labute approximate surface area is 177 Å². The maximum atomic E-state index is 12.8. The SMILES string of the molecule is O=[N+]([O-])c1cc(S(=O)(=O)Nc2cccc(-c3nnc4n3CCCCC4)c2)ccc1Cl. The standard InChI is InChI=1S/C19H18ClN5O4S/c20-16-9-8-15(12-17(16)25(26)27)30(28,29)23-14-6-4-5-13(11-14)19-22-21-18-7-2-1-3-10-24(18)19/h4-6,8-9,11-12,23H,1-3,7,10H2. The van der Waals surface area contributed by atoms with Gasteiger partial charge in [0.1, 0.15) is 10.8 Å². The molecule has 9 nitrogen and oxygen atoms in total. The lowest BCUT2D eigenvalue weighted by atomic mass is 10.2. The number of halogens is 1. The number of anilines is 1. The minimum absolute atomic E-state index is 0.131. The van der Waals surface area contributed by atoms with Crippen molar-refractivity contribution in [2.45, 2.75) is 37.1 Å². The van der Waals surface area contributed by atoms with E-state index in [4.69, 9.17) is 11.6 Å². The summed E-state index contributed by atoms with van der Waals surface area (Å²) in [4.78, 5) is 10.1. The Hall–Kier alpha value is -2.98. The van der Waals surface area contributed by atoms with Crippen molar-refractivity contribution in [1.29, 1.82) is 0 Å². The molecule has 0 fully saturated rings. The van der Waals surface area contributed by atoms with Crippen LogP contribution in [0.5, 0.6) is 0 Å². The minimum atomic E-state index is -4.05. The number of nitrogens with one attached hydrogen (secondary N) is 1. The smallest absolute Gasteiger partial charge is 0.289 e. The maximum absolute atomic E-state index is 12.8. The first-order valence-electron chi connectivity index (χ1n) is 9.34. The van der Waals surface area contributed by atoms with Crippen LogP contribution in [0.3, 0.4) is 0 Å². The second-order valence-electron chi connectivity index (χ2n) is 6.96. The summed E-state index contributed by atoms with van der Waals surface area (Å²) in [6.07, 6.45) is 4.12. The number of aryl methyl sites for hydroxylation is 1. The van der Waals surface area contributed by atoms with Gasteiger partial charge in [-0.15, -0.1) is 10.2 Å². The monoisotopic (exact) mass is 447 g/mol. The Bertz CT molecular complexity index is 1230. The van der Waals surface area contributed by atoms with Crippen LogP contribution in [0.2, 0.25) is 5.02 Å². The first kappa shape index (κ1) is 20.3. The molecule has 0 atom stereocenters. The number of hydrogen-bond donors (Lipinski definition) is 1. The largest absolute Gasteiger partial charge is 0.311 e. The van der Waals surface area contributed by atoms with Crippen molar-refractivity contribution in [3.8, 4) is 11.4 Å². The lowest BCUT2D eigenvalue weighted by Crippen LogP contribution is -2.13. The van der Waals surface area contributed by atoms with E-state index in [1.54, 1.807) is 18.2 Å². The summed E-state index contributed by atoms with van der Waals surface area (Å²) >= 11 is 5.78. The van der Waals surface area contributed by atoms with Gasteiger partial charge in [-0.1, -0.05) is 30.2 Å². The molecule has 1 aromatic heterocycles. The number of aromatic nitrogens is 3. The van der Waals surface area contributed by atoms with E-state index in [0.717, 1.165) is 49.7 Å². The van der Waals surface area contributed by atoms with Gasteiger partial charge in [-0.25, -0.2) is 8.42 Å². The topological polar surface area (TPSA) is 120 Å². The van der Waals surface area contributed by atoms with E-state index < -0.39 is 20.6 Å². The van der Waals surface area contributed by atoms with E-state index in [2.05, 4.69) is 19.5 Å². The molecule has 0 unspecified atom stereocenters. The summed E-state index contributed by atoms with van der Waals surface area (Å²) in [7, 11) is -4.05.